The van der Waals surface area contributed by atoms with Crippen molar-refractivity contribution < 1.29 is 0 Å². The fourth-order valence-corrected chi connectivity index (χ4v) is 3.87. The van der Waals surface area contributed by atoms with Gasteiger partial charge in [-0.3, -0.25) is 10.2 Å². The second kappa shape index (κ2) is 8.28. The molecule has 0 amide bonds. The number of nitrogens with two attached hydrogens (primary N) is 1. The number of halogens is 1. The molecule has 0 unspecified atom stereocenters. The zero-order chi connectivity index (χ0) is 21.5. The molecule has 4 N–H and O–H groups in total. The summed E-state index contributed by atoms with van der Waals surface area (Å²) in [6.45, 7) is 0. The average molecular weight is 445 g/mol. The first kappa shape index (κ1) is 21.3. The van der Waals surface area contributed by atoms with Gasteiger partial charge >= 0.3 is 0 Å². The fraction of sp³-hybridized carbons (Fsp3) is 0.0833. The minimum absolute atomic E-state index is 0. The normalized spacial score (nSPS) is 10.9. The number of nitrogen functional groups attached to an aromatic ring is 1. The van der Waals surface area contributed by atoms with Crippen molar-refractivity contribution in [3.8, 4) is 11.3 Å². The Morgan fingerprint density at radius 2 is 1.78 bits per heavy atom. The summed E-state index contributed by atoms with van der Waals surface area (Å²) in [7, 11) is 2.00. The van der Waals surface area contributed by atoms with Crippen molar-refractivity contribution in [1.29, 1.82) is 5.41 Å². The smallest absolute Gasteiger partial charge is 0.272 e. The lowest BCUT2D eigenvalue weighted by Gasteiger charge is -2.06. The number of hydrogen-bond donors (Lipinski definition) is 3. The van der Waals surface area contributed by atoms with Gasteiger partial charge in [0.05, 0.1) is 22.1 Å². The highest BCUT2D eigenvalue weighted by Gasteiger charge is 2.13. The second-order valence-electron chi connectivity index (χ2n) is 7.52. The molecule has 7 nitrogen and oxygen atoms in total. The van der Waals surface area contributed by atoms with Crippen LogP contribution in [0.2, 0.25) is 0 Å². The van der Waals surface area contributed by atoms with E-state index in [1.165, 1.54) is 0 Å². The molecular formula is C24H21ClN6O. The zero-order valence-corrected chi connectivity index (χ0v) is 18.1. The molecule has 0 atom stereocenters. The van der Waals surface area contributed by atoms with Gasteiger partial charge in [0.2, 0.25) is 0 Å². The molecule has 160 valence electrons. The van der Waals surface area contributed by atoms with Gasteiger partial charge in [-0.15, -0.1) is 12.4 Å². The number of amidine groups is 1. The Balaban J connectivity index is 0.00000245. The van der Waals surface area contributed by atoms with Crippen LogP contribution in [0.15, 0.2) is 71.5 Å². The minimum Gasteiger partial charge on any atom is -0.384 e. The standard InChI is InChI=1S/C24H20N6O.ClH/c1-30-20-11-10-16(22-17-4-2-3-5-18(17)24(31)29-28-22)13-19(20)27-21(30)12-14-6-8-15(9-7-14)23(25)26;/h2-11,13H,12H2,1H3,(H3,25,26)(H,29,31);1H. The molecule has 0 aliphatic carbocycles. The number of aryl methyl sites for hydroxylation is 1. The van der Waals surface area contributed by atoms with Gasteiger partial charge in [0.1, 0.15) is 11.7 Å². The van der Waals surface area contributed by atoms with Crippen molar-refractivity contribution >= 4 is 40.0 Å². The maximum atomic E-state index is 12.1. The molecule has 2 heterocycles. The molecule has 5 rings (SSSR count). The summed E-state index contributed by atoms with van der Waals surface area (Å²) in [5.41, 5.74) is 10.7. The zero-order valence-electron chi connectivity index (χ0n) is 17.3. The van der Waals surface area contributed by atoms with Crippen LogP contribution < -0.4 is 11.3 Å². The largest absolute Gasteiger partial charge is 0.384 e. The van der Waals surface area contributed by atoms with Gasteiger partial charge in [-0.25, -0.2) is 10.1 Å². The molecule has 0 saturated carbocycles. The second-order valence-corrected chi connectivity index (χ2v) is 7.52. The molecule has 0 bridgehead atoms. The Morgan fingerprint density at radius 1 is 1.06 bits per heavy atom. The lowest BCUT2D eigenvalue weighted by atomic mass is 10.0. The van der Waals surface area contributed by atoms with Crippen molar-refractivity contribution in [2.75, 3.05) is 0 Å². The third-order valence-corrected chi connectivity index (χ3v) is 5.57. The van der Waals surface area contributed by atoms with Crippen LogP contribution in [0.4, 0.5) is 0 Å². The number of aromatic amines is 1. The van der Waals surface area contributed by atoms with Gasteiger partial charge in [-0.1, -0.05) is 48.5 Å². The van der Waals surface area contributed by atoms with Crippen LogP contribution in [0, 0.1) is 5.41 Å². The van der Waals surface area contributed by atoms with Crippen LogP contribution in [0.5, 0.6) is 0 Å². The van der Waals surface area contributed by atoms with Gasteiger partial charge in [0, 0.05) is 30.0 Å². The van der Waals surface area contributed by atoms with Crippen LogP contribution in [0.1, 0.15) is 17.0 Å². The number of H-pyrrole nitrogens is 1. The SMILES string of the molecule is Cl.Cn1c(Cc2ccc(C(=N)N)cc2)nc2cc(-c3n[nH]c(=O)c4ccccc34)ccc21. The number of fused-ring (bicyclic) bond motifs is 2. The topological polar surface area (TPSA) is 113 Å². The molecule has 0 saturated heterocycles. The molecule has 3 aromatic carbocycles. The Morgan fingerprint density at radius 3 is 2.50 bits per heavy atom. The molecule has 0 aliphatic rings. The fourth-order valence-electron chi connectivity index (χ4n) is 3.87. The lowest BCUT2D eigenvalue weighted by molar-refractivity contribution is 0.844. The highest BCUT2D eigenvalue weighted by Crippen LogP contribution is 2.28. The Bertz CT molecular complexity index is 1520. The van der Waals surface area contributed by atoms with Gasteiger partial charge in [-0.2, -0.15) is 5.10 Å². The summed E-state index contributed by atoms with van der Waals surface area (Å²) in [5.74, 6) is 0.993. The van der Waals surface area contributed by atoms with E-state index in [0.29, 0.717) is 17.4 Å². The van der Waals surface area contributed by atoms with Crippen LogP contribution in [0.25, 0.3) is 33.1 Å². The van der Waals surface area contributed by atoms with E-state index in [-0.39, 0.29) is 23.8 Å². The number of aromatic nitrogens is 4. The van der Waals surface area contributed by atoms with Crippen molar-refractivity contribution in [2.45, 2.75) is 6.42 Å². The van der Waals surface area contributed by atoms with E-state index in [1.807, 2.05) is 67.7 Å². The monoisotopic (exact) mass is 444 g/mol. The maximum Gasteiger partial charge on any atom is 0.272 e. The number of imidazole rings is 1. The quantitative estimate of drug-likeness (QED) is 0.289. The van der Waals surface area contributed by atoms with Gasteiger partial charge in [-0.05, 0) is 23.8 Å². The van der Waals surface area contributed by atoms with Crippen LogP contribution in [0.3, 0.4) is 0 Å². The lowest BCUT2D eigenvalue weighted by Crippen LogP contribution is -2.10. The number of nitrogens with one attached hydrogen (secondary N) is 2. The van der Waals surface area contributed by atoms with Crippen LogP contribution in [-0.4, -0.2) is 25.6 Å². The molecule has 0 spiro atoms. The summed E-state index contributed by atoms with van der Waals surface area (Å²) in [6, 6.07) is 21.1. The number of rotatable bonds is 4. The van der Waals surface area contributed by atoms with Gasteiger partial charge < -0.3 is 10.3 Å². The highest BCUT2D eigenvalue weighted by atomic mass is 35.5. The third kappa shape index (κ3) is 3.63. The maximum absolute atomic E-state index is 12.1. The minimum atomic E-state index is -0.198. The van der Waals surface area contributed by atoms with Gasteiger partial charge in [0.25, 0.3) is 5.56 Å². The van der Waals surface area contributed by atoms with E-state index in [2.05, 4.69) is 14.8 Å². The predicted molar refractivity (Wildman–Crippen MR) is 130 cm³/mol. The molecule has 0 aliphatic heterocycles. The molecule has 0 fully saturated rings. The first-order chi connectivity index (χ1) is 15.0. The van der Waals surface area contributed by atoms with E-state index >= 15 is 0 Å². The summed E-state index contributed by atoms with van der Waals surface area (Å²) in [4.78, 5) is 16.9. The molecule has 8 heteroatoms. The summed E-state index contributed by atoms with van der Waals surface area (Å²) < 4.78 is 2.08. The Kier molecular flexibility index (Phi) is 5.50. The van der Waals surface area contributed by atoms with E-state index in [4.69, 9.17) is 16.1 Å². The third-order valence-electron chi connectivity index (χ3n) is 5.57. The van der Waals surface area contributed by atoms with Crippen LogP contribution >= 0.6 is 12.4 Å². The number of hydrogen-bond acceptors (Lipinski definition) is 4. The van der Waals surface area contributed by atoms with Gasteiger partial charge in [0.15, 0.2) is 0 Å². The molecule has 0 radical (unpaired) electrons. The Hall–Kier alpha value is -3.97. The van der Waals surface area contributed by atoms with E-state index < -0.39 is 0 Å². The first-order valence-corrected chi connectivity index (χ1v) is 9.88. The summed E-state index contributed by atoms with van der Waals surface area (Å²) >= 11 is 0. The van der Waals surface area contributed by atoms with Crippen molar-refractivity contribution in [3.63, 3.8) is 0 Å². The van der Waals surface area contributed by atoms with Crippen molar-refractivity contribution in [1.82, 2.24) is 19.7 Å². The molecule has 2 aromatic heterocycles. The van der Waals surface area contributed by atoms with Crippen molar-refractivity contribution in [2.24, 2.45) is 12.8 Å². The molecule has 5 aromatic rings. The van der Waals surface area contributed by atoms with E-state index in [0.717, 1.165) is 39.1 Å². The summed E-state index contributed by atoms with van der Waals surface area (Å²) in [5, 5.41) is 15.8. The summed E-state index contributed by atoms with van der Waals surface area (Å²) in [6.07, 6.45) is 0.665. The van der Waals surface area contributed by atoms with Crippen LogP contribution in [-0.2, 0) is 13.5 Å². The Labute approximate surface area is 189 Å². The van der Waals surface area contributed by atoms with E-state index in [1.54, 1.807) is 6.07 Å². The number of benzene rings is 3. The molecular weight excluding hydrogens is 424 g/mol. The molecule has 32 heavy (non-hydrogen) atoms. The van der Waals surface area contributed by atoms with Crippen molar-refractivity contribution in [3.05, 3.63) is 94.0 Å². The average Bonchev–Trinajstić information content (AvgIpc) is 3.09. The first-order valence-electron chi connectivity index (χ1n) is 9.88. The number of nitrogens with zero attached hydrogens (tertiary/aromatic N) is 3. The highest BCUT2D eigenvalue weighted by molar-refractivity contribution is 5.96. The van der Waals surface area contributed by atoms with E-state index in [9.17, 15) is 4.79 Å². The predicted octanol–water partition coefficient (Wildman–Crippen LogP) is 3.77.